The van der Waals surface area contributed by atoms with E-state index in [1.54, 1.807) is 24.3 Å². The van der Waals surface area contributed by atoms with Crippen molar-refractivity contribution in [1.82, 2.24) is 9.21 Å². The minimum Gasteiger partial charge on any atom is -0.468 e. The molecule has 0 bridgehead atoms. The third-order valence-electron chi connectivity index (χ3n) is 4.76. The molecular formula is C19H19Cl2FN2O4S. The van der Waals surface area contributed by atoms with Gasteiger partial charge in [-0.1, -0.05) is 35.3 Å². The summed E-state index contributed by atoms with van der Waals surface area (Å²) < 4.78 is 45.3. The smallest absolute Gasteiger partial charge is 0.327 e. The van der Waals surface area contributed by atoms with Gasteiger partial charge in [-0.3, -0.25) is 4.90 Å². The molecule has 10 heteroatoms. The number of nitrogens with zero attached hydrogens (tertiary/aromatic N) is 2. The van der Waals surface area contributed by atoms with Crippen molar-refractivity contribution in [2.75, 3.05) is 33.3 Å². The molecule has 0 saturated carbocycles. The van der Waals surface area contributed by atoms with E-state index in [-0.39, 0.29) is 23.0 Å². The number of esters is 1. The topological polar surface area (TPSA) is 66.9 Å². The van der Waals surface area contributed by atoms with Crippen molar-refractivity contribution in [1.29, 1.82) is 0 Å². The average molecular weight is 461 g/mol. The SMILES string of the molecule is COC(=O)C(c1ccc(Cl)cc1)N1CCN(S(=O)(=O)c2ccc(F)cc2Cl)CC1. The van der Waals surface area contributed by atoms with Gasteiger partial charge in [-0.15, -0.1) is 0 Å². The summed E-state index contributed by atoms with van der Waals surface area (Å²) in [5, 5.41) is 0.380. The van der Waals surface area contributed by atoms with Gasteiger partial charge in [0.05, 0.1) is 12.1 Å². The quantitative estimate of drug-likeness (QED) is 0.639. The van der Waals surface area contributed by atoms with Crippen LogP contribution in [0.25, 0.3) is 0 Å². The van der Waals surface area contributed by atoms with Crippen LogP contribution in [0.15, 0.2) is 47.4 Å². The van der Waals surface area contributed by atoms with Gasteiger partial charge in [0.1, 0.15) is 16.8 Å². The number of ether oxygens (including phenoxy) is 1. The predicted molar refractivity (Wildman–Crippen MR) is 108 cm³/mol. The lowest BCUT2D eigenvalue weighted by atomic mass is 10.0. The van der Waals surface area contributed by atoms with E-state index in [1.807, 2.05) is 4.90 Å². The van der Waals surface area contributed by atoms with Gasteiger partial charge in [0, 0.05) is 31.2 Å². The van der Waals surface area contributed by atoms with E-state index in [0.717, 1.165) is 18.2 Å². The number of rotatable bonds is 5. The van der Waals surface area contributed by atoms with Gasteiger partial charge >= 0.3 is 5.97 Å². The molecule has 0 radical (unpaired) electrons. The monoisotopic (exact) mass is 460 g/mol. The molecule has 1 unspecified atom stereocenters. The fourth-order valence-corrected chi connectivity index (χ4v) is 5.33. The highest BCUT2D eigenvalue weighted by Crippen LogP contribution is 2.29. The highest BCUT2D eigenvalue weighted by Gasteiger charge is 2.35. The third-order valence-corrected chi connectivity index (χ3v) is 7.39. The Balaban J connectivity index is 1.79. The molecule has 0 aliphatic carbocycles. The molecule has 0 aromatic heterocycles. The summed E-state index contributed by atoms with van der Waals surface area (Å²) in [4.78, 5) is 14.1. The largest absolute Gasteiger partial charge is 0.468 e. The Labute approximate surface area is 178 Å². The number of sulfonamides is 1. The van der Waals surface area contributed by atoms with E-state index < -0.39 is 27.9 Å². The Morgan fingerprint density at radius 2 is 1.69 bits per heavy atom. The Morgan fingerprint density at radius 1 is 1.07 bits per heavy atom. The van der Waals surface area contributed by atoms with Crippen LogP contribution in [0.1, 0.15) is 11.6 Å². The molecule has 1 aliphatic rings. The van der Waals surface area contributed by atoms with Crippen molar-refractivity contribution < 1.29 is 22.3 Å². The molecule has 156 valence electrons. The summed E-state index contributed by atoms with van der Waals surface area (Å²) in [7, 11) is -2.57. The van der Waals surface area contributed by atoms with E-state index in [1.165, 1.54) is 11.4 Å². The molecule has 1 atom stereocenters. The van der Waals surface area contributed by atoms with Crippen LogP contribution in [0.2, 0.25) is 10.0 Å². The fraction of sp³-hybridized carbons (Fsp3) is 0.316. The standard InChI is InChI=1S/C19H19Cl2FN2O4S/c1-28-19(25)18(13-2-4-14(20)5-3-13)23-8-10-24(11-9-23)29(26,27)17-7-6-15(22)12-16(17)21/h2-7,12,18H,8-11H2,1H3. The summed E-state index contributed by atoms with van der Waals surface area (Å²) in [6.45, 7) is 0.912. The number of halogens is 3. The Morgan fingerprint density at radius 3 is 2.24 bits per heavy atom. The van der Waals surface area contributed by atoms with Crippen LogP contribution in [0, 0.1) is 5.82 Å². The molecule has 0 N–H and O–H groups in total. The van der Waals surface area contributed by atoms with Crippen molar-refractivity contribution in [2.45, 2.75) is 10.9 Å². The minimum absolute atomic E-state index is 0.142. The summed E-state index contributed by atoms with van der Waals surface area (Å²) in [6, 6.07) is 9.37. The number of benzene rings is 2. The van der Waals surface area contributed by atoms with Gasteiger partial charge in [-0.25, -0.2) is 17.6 Å². The number of piperazine rings is 1. The number of hydrogen-bond donors (Lipinski definition) is 0. The zero-order valence-corrected chi connectivity index (χ0v) is 17.8. The second kappa shape index (κ2) is 8.97. The van der Waals surface area contributed by atoms with Gasteiger partial charge in [-0.2, -0.15) is 4.31 Å². The Bertz CT molecular complexity index is 994. The maximum atomic E-state index is 13.3. The molecule has 0 amide bonds. The molecule has 2 aromatic rings. The molecular weight excluding hydrogens is 442 g/mol. The molecule has 1 saturated heterocycles. The number of carbonyl (C=O) groups excluding carboxylic acids is 1. The predicted octanol–water partition coefficient (Wildman–Crippen LogP) is 3.35. The van der Waals surface area contributed by atoms with Crippen LogP contribution in [0.5, 0.6) is 0 Å². The normalized spacial score (nSPS) is 17.1. The van der Waals surface area contributed by atoms with Crippen LogP contribution in [-0.2, 0) is 19.6 Å². The molecule has 29 heavy (non-hydrogen) atoms. The lowest BCUT2D eigenvalue weighted by Gasteiger charge is -2.37. The zero-order chi connectivity index (χ0) is 21.2. The average Bonchev–Trinajstić information content (AvgIpc) is 2.69. The van der Waals surface area contributed by atoms with Gasteiger partial charge in [0.15, 0.2) is 0 Å². The molecule has 0 spiro atoms. The second-order valence-corrected chi connectivity index (χ2v) is 9.24. The number of carbonyl (C=O) groups is 1. The Hall–Kier alpha value is -1.71. The highest BCUT2D eigenvalue weighted by molar-refractivity contribution is 7.89. The molecule has 3 rings (SSSR count). The lowest BCUT2D eigenvalue weighted by Crippen LogP contribution is -2.51. The summed E-state index contributed by atoms with van der Waals surface area (Å²) in [5.41, 5.74) is 0.708. The lowest BCUT2D eigenvalue weighted by molar-refractivity contribution is -0.147. The van der Waals surface area contributed by atoms with Crippen molar-refractivity contribution in [2.24, 2.45) is 0 Å². The first-order valence-electron chi connectivity index (χ1n) is 8.76. The van der Waals surface area contributed by atoms with E-state index in [2.05, 4.69) is 0 Å². The van der Waals surface area contributed by atoms with Crippen molar-refractivity contribution in [3.05, 3.63) is 63.9 Å². The fourth-order valence-electron chi connectivity index (χ4n) is 3.28. The second-order valence-electron chi connectivity index (χ2n) is 6.49. The summed E-state index contributed by atoms with van der Waals surface area (Å²) in [5.74, 6) is -1.05. The first-order valence-corrected chi connectivity index (χ1v) is 11.0. The third kappa shape index (κ3) is 4.73. The van der Waals surface area contributed by atoms with Gasteiger partial charge < -0.3 is 4.74 Å². The van der Waals surface area contributed by atoms with Crippen LogP contribution in [0.3, 0.4) is 0 Å². The summed E-state index contributed by atoms with van der Waals surface area (Å²) >= 11 is 11.9. The van der Waals surface area contributed by atoms with Gasteiger partial charge in [0.25, 0.3) is 0 Å². The Kier molecular flexibility index (Phi) is 6.80. The van der Waals surface area contributed by atoms with Gasteiger partial charge in [0.2, 0.25) is 10.0 Å². The molecule has 1 heterocycles. The van der Waals surface area contributed by atoms with E-state index in [9.17, 15) is 17.6 Å². The van der Waals surface area contributed by atoms with Crippen molar-refractivity contribution in [3.8, 4) is 0 Å². The molecule has 6 nitrogen and oxygen atoms in total. The number of methoxy groups -OCH3 is 1. The molecule has 1 aliphatic heterocycles. The van der Waals surface area contributed by atoms with E-state index in [4.69, 9.17) is 27.9 Å². The zero-order valence-electron chi connectivity index (χ0n) is 15.5. The number of hydrogen-bond acceptors (Lipinski definition) is 5. The van der Waals surface area contributed by atoms with Crippen LogP contribution in [0.4, 0.5) is 4.39 Å². The minimum atomic E-state index is -3.88. The summed E-state index contributed by atoms with van der Waals surface area (Å²) in [6.07, 6.45) is 0. The highest BCUT2D eigenvalue weighted by atomic mass is 35.5. The maximum Gasteiger partial charge on any atom is 0.327 e. The first-order chi connectivity index (χ1) is 13.7. The van der Waals surface area contributed by atoms with Crippen molar-refractivity contribution >= 4 is 39.2 Å². The first kappa shape index (κ1) is 22.0. The maximum absolute atomic E-state index is 13.3. The van der Waals surface area contributed by atoms with E-state index in [0.29, 0.717) is 23.7 Å². The van der Waals surface area contributed by atoms with E-state index >= 15 is 0 Å². The van der Waals surface area contributed by atoms with Crippen LogP contribution < -0.4 is 0 Å². The van der Waals surface area contributed by atoms with Crippen LogP contribution in [-0.4, -0.2) is 56.9 Å². The van der Waals surface area contributed by atoms with Gasteiger partial charge in [-0.05, 0) is 35.9 Å². The molecule has 1 fully saturated rings. The molecule has 2 aromatic carbocycles. The van der Waals surface area contributed by atoms with Crippen molar-refractivity contribution in [3.63, 3.8) is 0 Å². The van der Waals surface area contributed by atoms with Crippen LogP contribution >= 0.6 is 23.2 Å².